The van der Waals surface area contributed by atoms with Gasteiger partial charge in [-0.05, 0) is 18.2 Å². The number of alkyl halides is 1. The van der Waals surface area contributed by atoms with E-state index in [1.807, 2.05) is 17.0 Å². The summed E-state index contributed by atoms with van der Waals surface area (Å²) in [6.07, 6.45) is 0. The predicted molar refractivity (Wildman–Crippen MR) is 91.5 cm³/mol. The summed E-state index contributed by atoms with van der Waals surface area (Å²) in [4.78, 5) is 13.9. The van der Waals surface area contributed by atoms with Gasteiger partial charge in [0.25, 0.3) is 0 Å². The van der Waals surface area contributed by atoms with E-state index in [-0.39, 0.29) is 5.78 Å². The summed E-state index contributed by atoms with van der Waals surface area (Å²) in [5.41, 5.74) is 1.57. The van der Waals surface area contributed by atoms with Gasteiger partial charge in [0.15, 0.2) is 18.3 Å². The summed E-state index contributed by atoms with van der Waals surface area (Å²) in [5.74, 6) is 0.712. The van der Waals surface area contributed by atoms with Gasteiger partial charge in [0.05, 0.1) is 16.6 Å². The maximum atomic E-state index is 11.9. The standard InChI is InChI=1S/C15H22BrNO3Si/c1-21(2,3)8-7-19-10-17-11-20-15-12(14(18)9-16)5-4-6-13(15)17/h4-6H,7-11H2,1-3H3. The summed E-state index contributed by atoms with van der Waals surface area (Å²) in [6.45, 7) is 8.73. The lowest BCUT2D eigenvalue weighted by molar-refractivity contribution is 0.102. The van der Waals surface area contributed by atoms with Crippen molar-refractivity contribution >= 4 is 35.5 Å². The number of ether oxygens (including phenoxy) is 2. The van der Waals surface area contributed by atoms with Crippen molar-refractivity contribution in [2.45, 2.75) is 25.7 Å². The molecule has 4 nitrogen and oxygen atoms in total. The molecule has 0 bridgehead atoms. The number of carbonyl (C=O) groups excluding carboxylic acids is 1. The van der Waals surface area contributed by atoms with Crippen molar-refractivity contribution in [1.29, 1.82) is 0 Å². The third-order valence-corrected chi connectivity index (χ3v) is 5.58. The zero-order valence-electron chi connectivity index (χ0n) is 12.8. The minimum absolute atomic E-state index is 0.0355. The molecule has 0 radical (unpaired) electrons. The van der Waals surface area contributed by atoms with Crippen molar-refractivity contribution in [3.63, 3.8) is 0 Å². The highest BCUT2D eigenvalue weighted by Crippen LogP contribution is 2.37. The molecule has 0 fully saturated rings. The van der Waals surface area contributed by atoms with E-state index >= 15 is 0 Å². The summed E-state index contributed by atoms with van der Waals surface area (Å²) in [5, 5.41) is 0.305. The highest BCUT2D eigenvalue weighted by molar-refractivity contribution is 9.09. The molecule has 1 aromatic rings. The number of halogens is 1. The van der Waals surface area contributed by atoms with Gasteiger partial charge in [-0.15, -0.1) is 0 Å². The van der Waals surface area contributed by atoms with Crippen molar-refractivity contribution in [1.82, 2.24) is 0 Å². The Bertz CT molecular complexity index is 516. The van der Waals surface area contributed by atoms with Crippen molar-refractivity contribution in [2.75, 3.05) is 30.3 Å². The number of ketones is 1. The molecule has 0 aliphatic carbocycles. The van der Waals surface area contributed by atoms with Gasteiger partial charge in [-0.3, -0.25) is 4.79 Å². The maximum Gasteiger partial charge on any atom is 0.177 e. The van der Waals surface area contributed by atoms with E-state index in [9.17, 15) is 4.79 Å². The number of anilines is 1. The summed E-state index contributed by atoms with van der Waals surface area (Å²) in [6, 6.07) is 6.81. The molecule has 0 amide bonds. The first-order valence-electron chi connectivity index (χ1n) is 7.10. The molecular formula is C15H22BrNO3Si. The van der Waals surface area contributed by atoms with Gasteiger partial charge in [0, 0.05) is 14.7 Å². The first kappa shape index (κ1) is 16.5. The van der Waals surface area contributed by atoms with Crippen LogP contribution < -0.4 is 9.64 Å². The number of Topliss-reactive ketones (excluding diaryl/α,β-unsaturated/α-hetero) is 1. The summed E-state index contributed by atoms with van der Waals surface area (Å²) in [7, 11) is -1.06. The van der Waals surface area contributed by atoms with Crippen LogP contribution in [0.3, 0.4) is 0 Å². The number of benzene rings is 1. The van der Waals surface area contributed by atoms with Crippen LogP contribution in [0.4, 0.5) is 5.69 Å². The number of carbonyl (C=O) groups is 1. The van der Waals surface area contributed by atoms with Crippen LogP contribution in [-0.4, -0.2) is 39.3 Å². The van der Waals surface area contributed by atoms with Crippen LogP contribution in [0.2, 0.25) is 25.7 Å². The number of hydrogen-bond acceptors (Lipinski definition) is 4. The number of hydrogen-bond donors (Lipinski definition) is 0. The van der Waals surface area contributed by atoms with Crippen LogP contribution in [0.1, 0.15) is 10.4 Å². The lowest BCUT2D eigenvalue weighted by Crippen LogP contribution is -2.27. The van der Waals surface area contributed by atoms with Gasteiger partial charge in [0.1, 0.15) is 6.73 Å². The fourth-order valence-electron chi connectivity index (χ4n) is 2.09. The zero-order valence-corrected chi connectivity index (χ0v) is 15.4. The highest BCUT2D eigenvalue weighted by atomic mass is 79.9. The number of rotatable bonds is 7. The largest absolute Gasteiger partial charge is 0.470 e. The Labute approximate surface area is 135 Å². The SMILES string of the molecule is C[Si](C)(C)CCOCN1COc2c(C(=O)CBr)cccc21. The van der Waals surface area contributed by atoms with Crippen molar-refractivity contribution < 1.29 is 14.3 Å². The second-order valence-electron chi connectivity index (χ2n) is 6.37. The van der Waals surface area contributed by atoms with Crippen LogP contribution >= 0.6 is 15.9 Å². The Kier molecular flexibility index (Phi) is 5.46. The average molecular weight is 372 g/mol. The normalized spacial score (nSPS) is 14.0. The monoisotopic (exact) mass is 371 g/mol. The third-order valence-electron chi connectivity index (χ3n) is 3.36. The van der Waals surface area contributed by atoms with E-state index < -0.39 is 8.07 Å². The molecule has 116 valence electrons. The molecule has 0 spiro atoms. The Morgan fingerprint density at radius 1 is 1.43 bits per heavy atom. The number of fused-ring (bicyclic) bond motifs is 1. The molecule has 1 aliphatic rings. The molecule has 1 aliphatic heterocycles. The molecular weight excluding hydrogens is 350 g/mol. The van der Waals surface area contributed by atoms with Gasteiger partial charge >= 0.3 is 0 Å². The van der Waals surface area contributed by atoms with Crippen LogP contribution in [0.15, 0.2) is 18.2 Å². The van der Waals surface area contributed by atoms with Gasteiger partial charge in [-0.1, -0.05) is 41.6 Å². The molecule has 21 heavy (non-hydrogen) atoms. The first-order chi connectivity index (χ1) is 9.92. The van der Waals surface area contributed by atoms with Gasteiger partial charge in [-0.2, -0.15) is 0 Å². The quantitative estimate of drug-likeness (QED) is 0.316. The minimum atomic E-state index is -1.06. The number of nitrogens with zero attached hydrogens (tertiary/aromatic N) is 1. The molecule has 1 aromatic carbocycles. The fourth-order valence-corrected chi connectivity index (χ4v) is 3.15. The van der Waals surface area contributed by atoms with Crippen LogP contribution in [0.25, 0.3) is 0 Å². The second kappa shape index (κ2) is 6.94. The molecule has 1 heterocycles. The number of para-hydroxylation sites is 1. The van der Waals surface area contributed by atoms with Gasteiger partial charge < -0.3 is 14.4 Å². The Hall–Kier alpha value is -0.853. The van der Waals surface area contributed by atoms with E-state index in [2.05, 4.69) is 35.6 Å². The second-order valence-corrected chi connectivity index (χ2v) is 12.6. The molecule has 0 saturated carbocycles. The van der Waals surface area contributed by atoms with E-state index in [1.165, 1.54) is 0 Å². The van der Waals surface area contributed by atoms with Gasteiger partial charge in [0.2, 0.25) is 0 Å². The Morgan fingerprint density at radius 3 is 2.86 bits per heavy atom. The fraction of sp³-hybridized carbons (Fsp3) is 0.533. The molecule has 0 unspecified atom stereocenters. The molecule has 0 atom stereocenters. The Balaban J connectivity index is 1.97. The highest BCUT2D eigenvalue weighted by Gasteiger charge is 2.25. The van der Waals surface area contributed by atoms with Crippen molar-refractivity contribution in [3.05, 3.63) is 23.8 Å². The topological polar surface area (TPSA) is 38.8 Å². The minimum Gasteiger partial charge on any atom is -0.470 e. The van der Waals surface area contributed by atoms with Crippen molar-refractivity contribution in [2.24, 2.45) is 0 Å². The molecule has 0 saturated heterocycles. The first-order valence-corrected chi connectivity index (χ1v) is 11.9. The third kappa shape index (κ3) is 4.31. The average Bonchev–Trinajstić information content (AvgIpc) is 2.85. The Morgan fingerprint density at radius 2 is 2.19 bits per heavy atom. The smallest absolute Gasteiger partial charge is 0.177 e. The lowest BCUT2D eigenvalue weighted by atomic mass is 10.1. The predicted octanol–water partition coefficient (Wildman–Crippen LogP) is 3.73. The van der Waals surface area contributed by atoms with E-state index in [4.69, 9.17) is 9.47 Å². The molecule has 6 heteroatoms. The summed E-state index contributed by atoms with van der Waals surface area (Å²) >= 11 is 3.21. The van der Waals surface area contributed by atoms with Gasteiger partial charge in [-0.25, -0.2) is 0 Å². The molecule has 0 aromatic heterocycles. The van der Waals surface area contributed by atoms with E-state index in [1.54, 1.807) is 6.07 Å². The van der Waals surface area contributed by atoms with E-state index in [0.29, 0.717) is 30.1 Å². The molecule has 2 rings (SSSR count). The molecule has 0 N–H and O–H groups in total. The van der Waals surface area contributed by atoms with Crippen LogP contribution in [0, 0.1) is 0 Å². The van der Waals surface area contributed by atoms with Crippen LogP contribution in [-0.2, 0) is 4.74 Å². The van der Waals surface area contributed by atoms with Crippen LogP contribution in [0.5, 0.6) is 5.75 Å². The zero-order chi connectivity index (χ0) is 15.5. The van der Waals surface area contributed by atoms with E-state index in [0.717, 1.165) is 18.3 Å². The maximum absolute atomic E-state index is 11.9. The van der Waals surface area contributed by atoms with Crippen molar-refractivity contribution in [3.8, 4) is 5.75 Å². The summed E-state index contributed by atoms with van der Waals surface area (Å²) < 4.78 is 11.4. The lowest BCUT2D eigenvalue weighted by Gasteiger charge is -2.19.